The Labute approximate surface area is 106 Å². The number of hydrogen-bond donors (Lipinski definition) is 1. The molecule has 2 nitrogen and oxygen atoms in total. The Morgan fingerprint density at radius 3 is 2.72 bits per heavy atom. The largest absolute Gasteiger partial charge is 0.380 e. The lowest BCUT2D eigenvalue weighted by molar-refractivity contribution is 0.0751. The zero-order valence-corrected chi connectivity index (χ0v) is 10.5. The highest BCUT2D eigenvalue weighted by Crippen LogP contribution is 2.34. The predicted molar refractivity (Wildman–Crippen MR) is 68.7 cm³/mol. The summed E-state index contributed by atoms with van der Waals surface area (Å²) in [5, 5.41) is 10.9. The van der Waals surface area contributed by atoms with Gasteiger partial charge in [0.1, 0.15) is 11.4 Å². The minimum Gasteiger partial charge on any atom is -0.380 e. The number of aryl methyl sites for hydroxylation is 1. The van der Waals surface area contributed by atoms with Crippen molar-refractivity contribution >= 4 is 0 Å². The number of halogens is 1. The van der Waals surface area contributed by atoms with Gasteiger partial charge >= 0.3 is 0 Å². The topological polar surface area (TPSA) is 33.1 Å². The van der Waals surface area contributed by atoms with Crippen molar-refractivity contribution in [2.45, 2.75) is 25.9 Å². The van der Waals surface area contributed by atoms with Gasteiger partial charge in [-0.1, -0.05) is 19.1 Å². The number of pyridine rings is 1. The van der Waals surface area contributed by atoms with E-state index < -0.39 is 5.60 Å². The number of hydrogen-bond acceptors (Lipinski definition) is 2. The van der Waals surface area contributed by atoms with Gasteiger partial charge in [0.2, 0.25) is 0 Å². The molecule has 1 aromatic heterocycles. The van der Waals surface area contributed by atoms with Crippen molar-refractivity contribution in [3.05, 3.63) is 65.2 Å². The predicted octanol–water partition coefficient (Wildman–Crippen LogP) is 3.18. The van der Waals surface area contributed by atoms with Crippen LogP contribution in [0.4, 0.5) is 4.39 Å². The van der Waals surface area contributed by atoms with E-state index in [2.05, 4.69) is 4.98 Å². The lowest BCUT2D eigenvalue weighted by Gasteiger charge is -2.29. The maximum atomic E-state index is 13.3. The highest BCUT2D eigenvalue weighted by molar-refractivity contribution is 5.38. The van der Waals surface area contributed by atoms with Gasteiger partial charge in [-0.15, -0.1) is 0 Å². The molecule has 2 aromatic rings. The maximum Gasteiger partial charge on any atom is 0.123 e. The van der Waals surface area contributed by atoms with Crippen molar-refractivity contribution in [3.63, 3.8) is 0 Å². The van der Waals surface area contributed by atoms with Crippen LogP contribution in [0.5, 0.6) is 0 Å². The van der Waals surface area contributed by atoms with Gasteiger partial charge in [0.15, 0.2) is 0 Å². The van der Waals surface area contributed by atoms with E-state index in [-0.39, 0.29) is 5.82 Å². The minimum atomic E-state index is -1.19. The molecule has 0 saturated carbocycles. The van der Waals surface area contributed by atoms with E-state index in [1.165, 1.54) is 12.1 Å². The first-order valence-electron chi connectivity index (χ1n) is 5.97. The molecule has 0 spiro atoms. The van der Waals surface area contributed by atoms with Crippen molar-refractivity contribution in [1.29, 1.82) is 0 Å². The van der Waals surface area contributed by atoms with Crippen LogP contribution in [0.2, 0.25) is 0 Å². The van der Waals surface area contributed by atoms with Crippen molar-refractivity contribution < 1.29 is 9.50 Å². The normalized spacial score (nSPS) is 14.2. The Kier molecular flexibility index (Phi) is 3.43. The van der Waals surface area contributed by atoms with Crippen LogP contribution in [-0.4, -0.2) is 10.1 Å². The van der Waals surface area contributed by atoms with Gasteiger partial charge < -0.3 is 5.11 Å². The standard InChI is InChI=1S/C15H16FNO/c1-3-15(18,12-5-4-6-13(16)9-12)14-10-17-8-7-11(14)2/h4-10,18H,3H2,1-2H3. The van der Waals surface area contributed by atoms with Crippen LogP contribution in [0, 0.1) is 12.7 Å². The second-order valence-electron chi connectivity index (χ2n) is 4.41. The Bertz CT molecular complexity index is 556. The third-order valence-corrected chi connectivity index (χ3v) is 3.30. The lowest BCUT2D eigenvalue weighted by atomic mass is 9.83. The third kappa shape index (κ3) is 2.14. The summed E-state index contributed by atoms with van der Waals surface area (Å²) < 4.78 is 13.3. The summed E-state index contributed by atoms with van der Waals surface area (Å²) in [6, 6.07) is 7.93. The smallest absolute Gasteiger partial charge is 0.123 e. The molecule has 0 bridgehead atoms. The molecule has 0 aliphatic rings. The molecule has 0 aliphatic heterocycles. The number of benzene rings is 1. The van der Waals surface area contributed by atoms with E-state index in [0.717, 1.165) is 11.1 Å². The van der Waals surface area contributed by atoms with Gasteiger partial charge in [-0.3, -0.25) is 4.98 Å². The first-order valence-corrected chi connectivity index (χ1v) is 5.97. The number of aromatic nitrogens is 1. The maximum absolute atomic E-state index is 13.3. The SMILES string of the molecule is CCC(O)(c1cccc(F)c1)c1cnccc1C. The Balaban J connectivity index is 2.59. The minimum absolute atomic E-state index is 0.346. The number of rotatable bonds is 3. The van der Waals surface area contributed by atoms with Crippen LogP contribution in [0.15, 0.2) is 42.7 Å². The van der Waals surface area contributed by atoms with E-state index in [1.54, 1.807) is 24.5 Å². The first kappa shape index (κ1) is 12.7. The molecule has 0 amide bonds. The summed E-state index contributed by atoms with van der Waals surface area (Å²) in [5.41, 5.74) is 1.03. The summed E-state index contributed by atoms with van der Waals surface area (Å²) in [5.74, 6) is -0.346. The van der Waals surface area contributed by atoms with Gasteiger partial charge in [-0.05, 0) is 42.7 Å². The quantitative estimate of drug-likeness (QED) is 0.901. The molecule has 2 rings (SSSR count). The highest BCUT2D eigenvalue weighted by atomic mass is 19.1. The Morgan fingerprint density at radius 2 is 2.11 bits per heavy atom. The van der Waals surface area contributed by atoms with Crippen molar-refractivity contribution in [1.82, 2.24) is 4.98 Å². The molecule has 0 saturated heterocycles. The summed E-state index contributed by atoms with van der Waals surface area (Å²) in [4.78, 5) is 4.05. The molecule has 1 unspecified atom stereocenters. The molecule has 1 atom stereocenters. The monoisotopic (exact) mass is 245 g/mol. The van der Waals surface area contributed by atoms with Crippen LogP contribution in [0.3, 0.4) is 0 Å². The second-order valence-corrected chi connectivity index (χ2v) is 4.41. The molecular formula is C15H16FNO. The molecule has 18 heavy (non-hydrogen) atoms. The van der Waals surface area contributed by atoms with E-state index >= 15 is 0 Å². The van der Waals surface area contributed by atoms with Crippen molar-refractivity contribution in [3.8, 4) is 0 Å². The zero-order valence-electron chi connectivity index (χ0n) is 10.5. The summed E-state index contributed by atoms with van der Waals surface area (Å²) in [6.07, 6.45) is 3.78. The third-order valence-electron chi connectivity index (χ3n) is 3.30. The summed E-state index contributed by atoms with van der Waals surface area (Å²) >= 11 is 0. The number of aliphatic hydroxyl groups is 1. The molecule has 0 fully saturated rings. The summed E-state index contributed by atoms with van der Waals surface area (Å²) in [7, 11) is 0. The molecule has 1 heterocycles. The highest BCUT2D eigenvalue weighted by Gasteiger charge is 2.31. The average molecular weight is 245 g/mol. The van der Waals surface area contributed by atoms with Crippen LogP contribution < -0.4 is 0 Å². The fraction of sp³-hybridized carbons (Fsp3) is 0.267. The number of nitrogens with zero attached hydrogens (tertiary/aromatic N) is 1. The van der Waals surface area contributed by atoms with Gasteiger partial charge in [0.25, 0.3) is 0 Å². The molecule has 0 aliphatic carbocycles. The second kappa shape index (κ2) is 4.86. The van der Waals surface area contributed by atoms with Gasteiger partial charge in [0, 0.05) is 18.0 Å². The fourth-order valence-electron chi connectivity index (χ4n) is 2.19. The van der Waals surface area contributed by atoms with Gasteiger partial charge in [0.05, 0.1) is 0 Å². The molecular weight excluding hydrogens is 229 g/mol. The zero-order chi connectivity index (χ0) is 13.2. The van der Waals surface area contributed by atoms with Crippen molar-refractivity contribution in [2.75, 3.05) is 0 Å². The van der Waals surface area contributed by atoms with Crippen LogP contribution >= 0.6 is 0 Å². The van der Waals surface area contributed by atoms with E-state index in [0.29, 0.717) is 12.0 Å². The van der Waals surface area contributed by atoms with Gasteiger partial charge in [-0.25, -0.2) is 4.39 Å². The lowest BCUT2D eigenvalue weighted by Crippen LogP contribution is -2.27. The Morgan fingerprint density at radius 1 is 1.33 bits per heavy atom. The average Bonchev–Trinajstić information content (AvgIpc) is 2.38. The van der Waals surface area contributed by atoms with Crippen LogP contribution in [-0.2, 0) is 5.60 Å². The first-order chi connectivity index (χ1) is 8.58. The van der Waals surface area contributed by atoms with Crippen molar-refractivity contribution in [2.24, 2.45) is 0 Å². The van der Waals surface area contributed by atoms with Crippen LogP contribution in [0.25, 0.3) is 0 Å². The molecule has 94 valence electrons. The molecule has 1 aromatic carbocycles. The van der Waals surface area contributed by atoms with E-state index in [9.17, 15) is 9.50 Å². The van der Waals surface area contributed by atoms with E-state index in [4.69, 9.17) is 0 Å². The molecule has 1 N–H and O–H groups in total. The van der Waals surface area contributed by atoms with Crippen LogP contribution in [0.1, 0.15) is 30.0 Å². The fourth-order valence-corrected chi connectivity index (χ4v) is 2.19. The molecule has 0 radical (unpaired) electrons. The Hall–Kier alpha value is -1.74. The van der Waals surface area contributed by atoms with E-state index in [1.807, 2.05) is 19.9 Å². The molecule has 3 heteroatoms. The van der Waals surface area contributed by atoms with Gasteiger partial charge in [-0.2, -0.15) is 0 Å². The summed E-state index contributed by atoms with van der Waals surface area (Å²) in [6.45, 7) is 3.79.